The first-order chi connectivity index (χ1) is 7.73. The smallest absolute Gasteiger partial charge is 0.307 e. The Balaban J connectivity index is 4.91. The van der Waals surface area contributed by atoms with Crippen molar-refractivity contribution in [2.75, 3.05) is 0 Å². The van der Waals surface area contributed by atoms with Gasteiger partial charge in [-0.05, 0) is 5.92 Å². The number of rotatable bonds is 8. The van der Waals surface area contributed by atoms with Crippen LogP contribution in [0.5, 0.6) is 0 Å². The molecule has 0 saturated heterocycles. The van der Waals surface area contributed by atoms with Gasteiger partial charge in [-0.1, -0.05) is 0 Å². The zero-order valence-corrected chi connectivity index (χ0v) is 8.70. The van der Waals surface area contributed by atoms with Gasteiger partial charge in [-0.15, -0.1) is 0 Å². The van der Waals surface area contributed by atoms with Crippen LogP contribution in [0.3, 0.4) is 0 Å². The van der Waals surface area contributed by atoms with Gasteiger partial charge in [0.05, 0.1) is 12.3 Å². The van der Waals surface area contributed by atoms with E-state index in [2.05, 4.69) is 0 Å². The number of aliphatic carboxylic acids is 4. The SMILES string of the molecule is O=C(O)CC(CC(=O)O)C(CC(=O)O)C(=O)O. The normalized spacial score (nSPS) is 12.1. The van der Waals surface area contributed by atoms with Crippen LogP contribution in [0.2, 0.25) is 0 Å². The maximum Gasteiger partial charge on any atom is 0.307 e. The summed E-state index contributed by atoms with van der Waals surface area (Å²) < 4.78 is 0. The third-order valence-electron chi connectivity index (χ3n) is 2.15. The molecule has 0 bridgehead atoms. The van der Waals surface area contributed by atoms with Gasteiger partial charge in [-0.2, -0.15) is 0 Å². The highest BCUT2D eigenvalue weighted by molar-refractivity contribution is 5.80. The third kappa shape index (κ3) is 6.13. The second kappa shape index (κ2) is 6.46. The molecule has 8 heteroatoms. The van der Waals surface area contributed by atoms with Crippen molar-refractivity contribution in [2.24, 2.45) is 11.8 Å². The van der Waals surface area contributed by atoms with Crippen LogP contribution < -0.4 is 0 Å². The van der Waals surface area contributed by atoms with Crippen LogP contribution in [0.25, 0.3) is 0 Å². The summed E-state index contributed by atoms with van der Waals surface area (Å²) in [6.07, 6.45) is -2.20. The summed E-state index contributed by atoms with van der Waals surface area (Å²) in [6, 6.07) is 0. The molecule has 1 atom stereocenters. The van der Waals surface area contributed by atoms with Gasteiger partial charge in [-0.25, -0.2) is 0 Å². The minimum absolute atomic E-state index is 0.698. The van der Waals surface area contributed by atoms with Gasteiger partial charge in [0.15, 0.2) is 0 Å². The van der Waals surface area contributed by atoms with Crippen molar-refractivity contribution in [3.8, 4) is 0 Å². The number of hydrogen-bond donors (Lipinski definition) is 4. The molecule has 0 heterocycles. The Morgan fingerprint density at radius 3 is 1.29 bits per heavy atom. The Morgan fingerprint density at radius 2 is 1.06 bits per heavy atom. The molecule has 0 radical (unpaired) electrons. The van der Waals surface area contributed by atoms with E-state index in [9.17, 15) is 19.2 Å². The van der Waals surface area contributed by atoms with Gasteiger partial charge in [0, 0.05) is 12.8 Å². The first-order valence-electron chi connectivity index (χ1n) is 4.62. The Labute approximate surface area is 95.5 Å². The van der Waals surface area contributed by atoms with Gasteiger partial charge in [-0.3, -0.25) is 19.2 Å². The molecule has 4 N–H and O–H groups in total. The molecular weight excluding hydrogens is 236 g/mol. The molecule has 0 aromatic carbocycles. The molecule has 0 rings (SSSR count). The summed E-state index contributed by atoms with van der Waals surface area (Å²) in [7, 11) is 0. The molecule has 0 aliphatic carbocycles. The number of hydrogen-bond acceptors (Lipinski definition) is 4. The third-order valence-corrected chi connectivity index (χ3v) is 2.15. The summed E-state index contributed by atoms with van der Waals surface area (Å²) >= 11 is 0. The lowest BCUT2D eigenvalue weighted by molar-refractivity contribution is -0.153. The second-order valence-corrected chi connectivity index (χ2v) is 3.50. The van der Waals surface area contributed by atoms with Crippen LogP contribution >= 0.6 is 0 Å². The molecule has 0 aliphatic rings. The van der Waals surface area contributed by atoms with Gasteiger partial charge in [0.25, 0.3) is 0 Å². The molecule has 0 amide bonds. The Bertz CT molecular complexity index is 318. The summed E-state index contributed by atoms with van der Waals surface area (Å²) in [4.78, 5) is 42.2. The van der Waals surface area contributed by atoms with Crippen molar-refractivity contribution in [1.82, 2.24) is 0 Å². The van der Waals surface area contributed by atoms with Crippen molar-refractivity contribution < 1.29 is 39.6 Å². The first kappa shape index (κ1) is 14.9. The fourth-order valence-electron chi connectivity index (χ4n) is 1.45. The van der Waals surface area contributed by atoms with E-state index in [0.717, 1.165) is 0 Å². The lowest BCUT2D eigenvalue weighted by atomic mass is 9.84. The van der Waals surface area contributed by atoms with E-state index in [1.54, 1.807) is 0 Å². The van der Waals surface area contributed by atoms with Crippen LogP contribution in [0.4, 0.5) is 0 Å². The quantitative estimate of drug-likeness (QED) is 0.458. The number of carboxylic acid groups (broad SMARTS) is 4. The standard InChI is InChI=1S/C9H12O8/c10-6(11)1-4(2-7(12)13)5(9(16)17)3-8(14)15/h4-5H,1-3H2,(H,10,11)(H,12,13)(H,14,15)(H,16,17). The van der Waals surface area contributed by atoms with E-state index in [1.807, 2.05) is 0 Å². The van der Waals surface area contributed by atoms with E-state index in [4.69, 9.17) is 20.4 Å². The monoisotopic (exact) mass is 248 g/mol. The maximum absolute atomic E-state index is 10.8. The lowest BCUT2D eigenvalue weighted by Gasteiger charge is -2.19. The summed E-state index contributed by atoms with van der Waals surface area (Å²) in [5, 5.41) is 34.3. The first-order valence-corrected chi connectivity index (χ1v) is 4.62. The van der Waals surface area contributed by atoms with Crippen molar-refractivity contribution >= 4 is 23.9 Å². The van der Waals surface area contributed by atoms with Gasteiger partial charge in [0.2, 0.25) is 0 Å². The van der Waals surface area contributed by atoms with E-state index >= 15 is 0 Å². The molecule has 17 heavy (non-hydrogen) atoms. The zero-order chi connectivity index (χ0) is 13.6. The van der Waals surface area contributed by atoms with E-state index in [0.29, 0.717) is 0 Å². The predicted molar refractivity (Wildman–Crippen MR) is 51.4 cm³/mol. The molecule has 0 aliphatic heterocycles. The lowest BCUT2D eigenvalue weighted by Crippen LogP contribution is -2.29. The van der Waals surface area contributed by atoms with Crippen LogP contribution in [-0.4, -0.2) is 44.3 Å². The van der Waals surface area contributed by atoms with Crippen LogP contribution in [-0.2, 0) is 19.2 Å². The molecule has 8 nitrogen and oxygen atoms in total. The average molecular weight is 248 g/mol. The topological polar surface area (TPSA) is 149 Å². The highest BCUT2D eigenvalue weighted by Crippen LogP contribution is 2.24. The van der Waals surface area contributed by atoms with Crippen molar-refractivity contribution in [2.45, 2.75) is 19.3 Å². The maximum atomic E-state index is 10.8. The van der Waals surface area contributed by atoms with Crippen molar-refractivity contribution in [1.29, 1.82) is 0 Å². The fourth-order valence-corrected chi connectivity index (χ4v) is 1.45. The van der Waals surface area contributed by atoms with Crippen LogP contribution in [0, 0.1) is 11.8 Å². The van der Waals surface area contributed by atoms with Gasteiger partial charge < -0.3 is 20.4 Å². The second-order valence-electron chi connectivity index (χ2n) is 3.50. The summed E-state index contributed by atoms with van der Waals surface area (Å²) in [5.74, 6) is -8.45. The highest BCUT2D eigenvalue weighted by atomic mass is 16.4. The number of carbonyl (C=O) groups is 4. The minimum Gasteiger partial charge on any atom is -0.481 e. The molecule has 0 aromatic heterocycles. The fraction of sp³-hybridized carbons (Fsp3) is 0.556. The summed E-state index contributed by atoms with van der Waals surface area (Å²) in [5.41, 5.74) is 0. The summed E-state index contributed by atoms with van der Waals surface area (Å²) in [6.45, 7) is 0. The average Bonchev–Trinajstić information content (AvgIpc) is 2.10. The minimum atomic E-state index is -1.53. The van der Waals surface area contributed by atoms with E-state index in [-0.39, 0.29) is 0 Å². The van der Waals surface area contributed by atoms with Crippen LogP contribution in [0.1, 0.15) is 19.3 Å². The van der Waals surface area contributed by atoms with Crippen molar-refractivity contribution in [3.05, 3.63) is 0 Å². The Morgan fingerprint density at radius 1 is 0.706 bits per heavy atom. The predicted octanol–water partition coefficient (Wildman–Crippen LogP) is -0.273. The van der Waals surface area contributed by atoms with Gasteiger partial charge in [0.1, 0.15) is 0 Å². The molecule has 0 aromatic rings. The Kier molecular flexibility index (Phi) is 5.65. The van der Waals surface area contributed by atoms with Crippen molar-refractivity contribution in [3.63, 3.8) is 0 Å². The molecule has 0 spiro atoms. The molecule has 0 saturated carbocycles. The molecule has 96 valence electrons. The van der Waals surface area contributed by atoms with Gasteiger partial charge >= 0.3 is 23.9 Å². The zero-order valence-electron chi connectivity index (χ0n) is 8.70. The van der Waals surface area contributed by atoms with Crippen LogP contribution in [0.15, 0.2) is 0 Å². The number of carboxylic acids is 4. The largest absolute Gasteiger partial charge is 0.481 e. The molecular formula is C9H12O8. The van der Waals surface area contributed by atoms with E-state index in [1.165, 1.54) is 0 Å². The molecule has 1 unspecified atom stereocenters. The molecule has 0 fully saturated rings. The highest BCUT2D eigenvalue weighted by Gasteiger charge is 2.33. The van der Waals surface area contributed by atoms with E-state index < -0.39 is 55.0 Å². The Hall–Kier alpha value is -2.12.